The van der Waals surface area contributed by atoms with Crippen LogP contribution in [0, 0.1) is 12.8 Å². The number of nitrogens with one attached hydrogen (secondary N) is 1. The van der Waals surface area contributed by atoms with E-state index in [2.05, 4.69) is 5.32 Å². The van der Waals surface area contributed by atoms with Gasteiger partial charge in [-0.25, -0.2) is 13.6 Å². The van der Waals surface area contributed by atoms with Gasteiger partial charge in [-0.05, 0) is 36.6 Å². The second-order valence-corrected chi connectivity index (χ2v) is 6.40. The van der Waals surface area contributed by atoms with E-state index in [0.717, 1.165) is 0 Å². The van der Waals surface area contributed by atoms with Crippen molar-refractivity contribution in [2.24, 2.45) is 11.1 Å². The van der Waals surface area contributed by atoms with Crippen molar-refractivity contribution < 1.29 is 17.9 Å². The SMILES string of the molecule is COCC(C)CC(=O)Nc1ccc(S(N)(=O)=O)cc1C. The smallest absolute Gasteiger partial charge is 0.238 e. The number of anilines is 1. The minimum absolute atomic E-state index is 0.0285. The van der Waals surface area contributed by atoms with E-state index in [9.17, 15) is 13.2 Å². The van der Waals surface area contributed by atoms with Gasteiger partial charge < -0.3 is 10.1 Å². The van der Waals surface area contributed by atoms with Gasteiger partial charge in [0.15, 0.2) is 0 Å². The summed E-state index contributed by atoms with van der Waals surface area (Å²) in [6.07, 6.45) is 0.338. The first-order valence-corrected chi connectivity index (χ1v) is 7.71. The first-order valence-electron chi connectivity index (χ1n) is 6.16. The highest BCUT2D eigenvalue weighted by Gasteiger charge is 2.13. The average Bonchev–Trinajstić information content (AvgIpc) is 2.30. The van der Waals surface area contributed by atoms with Crippen molar-refractivity contribution in [2.45, 2.75) is 25.2 Å². The normalized spacial score (nSPS) is 13.0. The first kappa shape index (κ1) is 16.6. The number of hydrogen-bond donors (Lipinski definition) is 2. The summed E-state index contributed by atoms with van der Waals surface area (Å²) < 4.78 is 27.4. The molecule has 0 heterocycles. The van der Waals surface area contributed by atoms with Crippen LogP contribution in [-0.4, -0.2) is 28.0 Å². The number of ether oxygens (including phenoxy) is 1. The highest BCUT2D eigenvalue weighted by Crippen LogP contribution is 2.19. The van der Waals surface area contributed by atoms with Crippen LogP contribution in [0.25, 0.3) is 0 Å². The van der Waals surface area contributed by atoms with Crippen molar-refractivity contribution in [2.75, 3.05) is 19.0 Å². The Morgan fingerprint density at radius 2 is 2.10 bits per heavy atom. The van der Waals surface area contributed by atoms with E-state index in [4.69, 9.17) is 9.88 Å². The maximum absolute atomic E-state index is 11.8. The molecular formula is C13H20N2O4S. The Morgan fingerprint density at radius 3 is 2.60 bits per heavy atom. The zero-order valence-corrected chi connectivity index (χ0v) is 12.7. The van der Waals surface area contributed by atoms with Crippen LogP contribution in [0.2, 0.25) is 0 Å². The molecule has 0 spiro atoms. The van der Waals surface area contributed by atoms with Crippen LogP contribution in [0.15, 0.2) is 23.1 Å². The van der Waals surface area contributed by atoms with Crippen LogP contribution in [0.3, 0.4) is 0 Å². The number of nitrogens with two attached hydrogens (primary N) is 1. The van der Waals surface area contributed by atoms with E-state index < -0.39 is 10.0 Å². The van der Waals surface area contributed by atoms with Crippen molar-refractivity contribution in [3.05, 3.63) is 23.8 Å². The summed E-state index contributed by atoms with van der Waals surface area (Å²) in [5.74, 6) is -0.0231. The molecule has 1 amide bonds. The first-order chi connectivity index (χ1) is 9.24. The monoisotopic (exact) mass is 300 g/mol. The summed E-state index contributed by atoms with van der Waals surface area (Å²) >= 11 is 0. The summed E-state index contributed by atoms with van der Waals surface area (Å²) in [5.41, 5.74) is 1.22. The molecule has 1 atom stereocenters. The van der Waals surface area contributed by atoms with Crippen LogP contribution >= 0.6 is 0 Å². The molecule has 0 radical (unpaired) electrons. The molecule has 6 nitrogen and oxygen atoms in total. The lowest BCUT2D eigenvalue weighted by atomic mass is 10.1. The number of carbonyl (C=O) groups is 1. The van der Waals surface area contributed by atoms with Gasteiger partial charge in [0.2, 0.25) is 15.9 Å². The average molecular weight is 300 g/mol. The number of primary sulfonamides is 1. The van der Waals surface area contributed by atoms with Crippen molar-refractivity contribution in [3.8, 4) is 0 Å². The number of sulfonamides is 1. The molecule has 1 unspecified atom stereocenters. The van der Waals surface area contributed by atoms with E-state index in [1.54, 1.807) is 14.0 Å². The van der Waals surface area contributed by atoms with Gasteiger partial charge in [-0.3, -0.25) is 4.79 Å². The number of rotatable bonds is 6. The Hall–Kier alpha value is -1.44. The Morgan fingerprint density at radius 1 is 1.45 bits per heavy atom. The predicted octanol–water partition coefficient (Wildman–Crippen LogP) is 1.25. The van der Waals surface area contributed by atoms with E-state index in [0.29, 0.717) is 24.3 Å². The molecule has 0 bridgehead atoms. The number of amides is 1. The molecule has 7 heteroatoms. The summed E-state index contributed by atoms with van der Waals surface area (Å²) in [7, 11) is -2.14. The molecule has 0 aromatic heterocycles. The third-order valence-electron chi connectivity index (χ3n) is 2.79. The number of methoxy groups -OCH3 is 1. The molecule has 1 rings (SSSR count). The van der Waals surface area contributed by atoms with Gasteiger partial charge in [-0.1, -0.05) is 6.92 Å². The number of hydrogen-bond acceptors (Lipinski definition) is 4. The zero-order valence-electron chi connectivity index (χ0n) is 11.8. The van der Waals surface area contributed by atoms with Crippen LogP contribution in [0.4, 0.5) is 5.69 Å². The molecule has 3 N–H and O–H groups in total. The molecule has 0 saturated carbocycles. The number of benzene rings is 1. The zero-order chi connectivity index (χ0) is 15.3. The van der Waals surface area contributed by atoms with Gasteiger partial charge in [-0.15, -0.1) is 0 Å². The Bertz CT molecular complexity index is 584. The molecule has 0 saturated heterocycles. The van der Waals surface area contributed by atoms with Gasteiger partial charge in [0.1, 0.15) is 0 Å². The van der Waals surface area contributed by atoms with Crippen LogP contribution in [0.1, 0.15) is 18.9 Å². The maximum Gasteiger partial charge on any atom is 0.238 e. The highest BCUT2D eigenvalue weighted by atomic mass is 32.2. The molecule has 0 aliphatic heterocycles. The fourth-order valence-corrected chi connectivity index (χ4v) is 2.41. The van der Waals surface area contributed by atoms with Gasteiger partial charge >= 0.3 is 0 Å². The molecule has 0 aliphatic rings. The Balaban J connectivity index is 2.77. The van der Waals surface area contributed by atoms with Gasteiger partial charge in [0.25, 0.3) is 0 Å². The quantitative estimate of drug-likeness (QED) is 0.826. The minimum atomic E-state index is -3.73. The van der Waals surface area contributed by atoms with E-state index in [1.807, 2.05) is 6.92 Å². The third kappa shape index (κ3) is 4.92. The van der Waals surface area contributed by atoms with Crippen LogP contribution in [-0.2, 0) is 19.6 Å². The van der Waals surface area contributed by atoms with Crippen molar-refractivity contribution in [1.29, 1.82) is 0 Å². The second-order valence-electron chi connectivity index (χ2n) is 4.83. The molecule has 20 heavy (non-hydrogen) atoms. The summed E-state index contributed by atoms with van der Waals surface area (Å²) in [5, 5.41) is 7.80. The predicted molar refractivity (Wildman–Crippen MR) is 76.8 cm³/mol. The Kier molecular flexibility index (Phi) is 5.67. The minimum Gasteiger partial charge on any atom is -0.384 e. The fraction of sp³-hybridized carbons (Fsp3) is 0.462. The molecule has 1 aromatic carbocycles. The molecule has 0 fully saturated rings. The lowest BCUT2D eigenvalue weighted by molar-refractivity contribution is -0.117. The van der Waals surface area contributed by atoms with Crippen LogP contribution in [0.5, 0.6) is 0 Å². The van der Waals surface area contributed by atoms with Crippen molar-refractivity contribution in [3.63, 3.8) is 0 Å². The summed E-state index contributed by atoms with van der Waals surface area (Å²) in [6, 6.07) is 4.34. The number of aryl methyl sites for hydroxylation is 1. The molecule has 112 valence electrons. The number of carbonyl (C=O) groups excluding carboxylic acids is 1. The highest BCUT2D eigenvalue weighted by molar-refractivity contribution is 7.89. The Labute approximate surface area is 119 Å². The maximum atomic E-state index is 11.8. The topological polar surface area (TPSA) is 98.5 Å². The van der Waals surface area contributed by atoms with Crippen LogP contribution < -0.4 is 10.5 Å². The van der Waals surface area contributed by atoms with Gasteiger partial charge in [0, 0.05) is 25.8 Å². The van der Waals surface area contributed by atoms with E-state index in [1.165, 1.54) is 18.2 Å². The van der Waals surface area contributed by atoms with Gasteiger partial charge in [0.05, 0.1) is 4.90 Å². The molecular weight excluding hydrogens is 280 g/mol. The fourth-order valence-electron chi connectivity index (χ4n) is 1.81. The summed E-state index contributed by atoms with van der Waals surface area (Å²) in [6.45, 7) is 4.14. The molecule has 0 aliphatic carbocycles. The lowest BCUT2D eigenvalue weighted by Gasteiger charge is -2.12. The second kappa shape index (κ2) is 6.83. The van der Waals surface area contributed by atoms with E-state index in [-0.39, 0.29) is 16.7 Å². The van der Waals surface area contributed by atoms with Gasteiger partial charge in [-0.2, -0.15) is 0 Å². The molecule has 1 aromatic rings. The standard InChI is InChI=1S/C13H20N2O4S/c1-9(8-19-3)6-13(16)15-12-5-4-11(7-10(12)2)20(14,17)18/h4-5,7,9H,6,8H2,1-3H3,(H,15,16)(H2,14,17,18). The van der Waals surface area contributed by atoms with Crippen molar-refractivity contribution >= 4 is 21.6 Å². The van der Waals surface area contributed by atoms with Crippen molar-refractivity contribution in [1.82, 2.24) is 0 Å². The summed E-state index contributed by atoms with van der Waals surface area (Å²) in [4.78, 5) is 11.9. The largest absolute Gasteiger partial charge is 0.384 e. The van der Waals surface area contributed by atoms with E-state index >= 15 is 0 Å². The lowest BCUT2D eigenvalue weighted by Crippen LogP contribution is -2.18. The third-order valence-corrected chi connectivity index (χ3v) is 3.70.